The molecule has 2 rings (SSSR count). The molecule has 0 saturated carbocycles. The molecule has 0 bridgehead atoms. The number of carbonyl (C=O) groups excluding carboxylic acids is 2. The summed E-state index contributed by atoms with van der Waals surface area (Å²) < 4.78 is 6.48. The SMILES string of the molecule is COCC(=O)Nc1ccc(NC(=O)CCc2ccnn2C)cc1Cl. The number of aryl methyl sites for hydroxylation is 2. The lowest BCUT2D eigenvalue weighted by molar-refractivity contribution is -0.119. The van der Waals surface area contributed by atoms with Crippen molar-refractivity contribution >= 4 is 34.8 Å². The number of hydrogen-bond donors (Lipinski definition) is 2. The first-order valence-electron chi connectivity index (χ1n) is 7.34. The molecule has 7 nitrogen and oxygen atoms in total. The second-order valence-electron chi connectivity index (χ2n) is 5.17. The second kappa shape index (κ2) is 8.47. The smallest absolute Gasteiger partial charge is 0.250 e. The monoisotopic (exact) mass is 350 g/mol. The van der Waals surface area contributed by atoms with E-state index in [2.05, 4.69) is 15.7 Å². The second-order valence-corrected chi connectivity index (χ2v) is 5.58. The van der Waals surface area contributed by atoms with Gasteiger partial charge in [-0.2, -0.15) is 5.10 Å². The van der Waals surface area contributed by atoms with Crippen molar-refractivity contribution < 1.29 is 14.3 Å². The number of aromatic nitrogens is 2. The molecule has 2 amide bonds. The molecule has 0 aliphatic rings. The van der Waals surface area contributed by atoms with Gasteiger partial charge in [0.2, 0.25) is 11.8 Å². The molecule has 2 N–H and O–H groups in total. The van der Waals surface area contributed by atoms with Gasteiger partial charge in [-0.25, -0.2) is 0 Å². The summed E-state index contributed by atoms with van der Waals surface area (Å²) in [6.07, 6.45) is 2.63. The highest BCUT2D eigenvalue weighted by Crippen LogP contribution is 2.25. The van der Waals surface area contributed by atoms with Crippen LogP contribution >= 0.6 is 11.6 Å². The Morgan fingerprint density at radius 2 is 2.04 bits per heavy atom. The van der Waals surface area contributed by atoms with Crippen LogP contribution in [0, 0.1) is 0 Å². The van der Waals surface area contributed by atoms with Crippen molar-refractivity contribution in [2.45, 2.75) is 12.8 Å². The average Bonchev–Trinajstić information content (AvgIpc) is 2.93. The fourth-order valence-corrected chi connectivity index (χ4v) is 2.35. The maximum Gasteiger partial charge on any atom is 0.250 e. The van der Waals surface area contributed by atoms with E-state index in [0.29, 0.717) is 29.2 Å². The molecule has 0 atom stereocenters. The first-order chi connectivity index (χ1) is 11.5. The molecular weight excluding hydrogens is 332 g/mol. The zero-order valence-electron chi connectivity index (χ0n) is 13.5. The number of halogens is 1. The van der Waals surface area contributed by atoms with Gasteiger partial charge in [-0.05, 0) is 30.7 Å². The number of amides is 2. The van der Waals surface area contributed by atoms with Crippen LogP contribution in [0.1, 0.15) is 12.1 Å². The van der Waals surface area contributed by atoms with E-state index >= 15 is 0 Å². The van der Waals surface area contributed by atoms with Crippen LogP contribution in [0.15, 0.2) is 30.5 Å². The molecule has 0 radical (unpaired) electrons. The van der Waals surface area contributed by atoms with E-state index in [1.165, 1.54) is 7.11 Å². The normalized spacial score (nSPS) is 10.5. The molecule has 128 valence electrons. The van der Waals surface area contributed by atoms with Crippen LogP contribution < -0.4 is 10.6 Å². The third-order valence-corrected chi connectivity index (χ3v) is 3.65. The summed E-state index contributed by atoms with van der Waals surface area (Å²) in [5, 5.41) is 9.80. The molecule has 0 unspecified atom stereocenters. The highest BCUT2D eigenvalue weighted by Gasteiger charge is 2.09. The topological polar surface area (TPSA) is 85.2 Å². The lowest BCUT2D eigenvalue weighted by Gasteiger charge is -2.10. The first kappa shape index (κ1) is 18.0. The van der Waals surface area contributed by atoms with Crippen LogP contribution in [0.3, 0.4) is 0 Å². The van der Waals surface area contributed by atoms with Gasteiger partial charge < -0.3 is 15.4 Å². The van der Waals surface area contributed by atoms with Crippen LogP contribution in [-0.2, 0) is 27.8 Å². The molecule has 24 heavy (non-hydrogen) atoms. The van der Waals surface area contributed by atoms with Crippen LogP contribution in [-0.4, -0.2) is 35.3 Å². The minimum Gasteiger partial charge on any atom is -0.375 e. The molecule has 1 aromatic heterocycles. The first-order valence-corrected chi connectivity index (χ1v) is 7.72. The van der Waals surface area contributed by atoms with Crippen molar-refractivity contribution in [2.24, 2.45) is 7.05 Å². The zero-order chi connectivity index (χ0) is 17.5. The summed E-state index contributed by atoms with van der Waals surface area (Å²) in [5.74, 6) is -0.421. The predicted octanol–water partition coefficient (Wildman–Crippen LogP) is 2.23. The summed E-state index contributed by atoms with van der Waals surface area (Å²) in [6, 6.07) is 6.77. The van der Waals surface area contributed by atoms with Crippen molar-refractivity contribution in [2.75, 3.05) is 24.4 Å². The predicted molar refractivity (Wildman–Crippen MR) is 92.1 cm³/mol. The van der Waals surface area contributed by atoms with Crippen molar-refractivity contribution in [3.63, 3.8) is 0 Å². The van der Waals surface area contributed by atoms with Crippen molar-refractivity contribution in [3.05, 3.63) is 41.2 Å². The van der Waals surface area contributed by atoms with Gasteiger partial charge in [0, 0.05) is 38.2 Å². The van der Waals surface area contributed by atoms with Gasteiger partial charge in [0.25, 0.3) is 0 Å². The minimum atomic E-state index is -0.299. The minimum absolute atomic E-state index is 0.0528. The van der Waals surface area contributed by atoms with E-state index in [4.69, 9.17) is 16.3 Å². The summed E-state index contributed by atoms with van der Waals surface area (Å²) in [6.45, 7) is -0.0528. The Labute approximate surface area is 144 Å². The standard InChI is InChI=1S/C16H19ClN4O3/c1-21-12(7-8-18-21)4-6-15(22)19-11-3-5-14(13(17)9-11)20-16(23)10-24-2/h3,5,7-9H,4,6,10H2,1-2H3,(H,19,22)(H,20,23). The number of benzene rings is 1. The fourth-order valence-electron chi connectivity index (χ4n) is 2.12. The van der Waals surface area contributed by atoms with Gasteiger partial charge in [-0.3, -0.25) is 14.3 Å². The molecule has 0 aliphatic heterocycles. The summed E-state index contributed by atoms with van der Waals surface area (Å²) >= 11 is 6.12. The molecule has 0 aliphatic carbocycles. The van der Waals surface area contributed by atoms with E-state index in [1.807, 2.05) is 13.1 Å². The van der Waals surface area contributed by atoms with Gasteiger partial charge in [0.05, 0.1) is 10.7 Å². The number of nitrogens with one attached hydrogen (secondary N) is 2. The van der Waals surface area contributed by atoms with Gasteiger partial charge >= 0.3 is 0 Å². The Bertz CT molecular complexity index is 730. The molecular formula is C16H19ClN4O3. The van der Waals surface area contributed by atoms with Gasteiger partial charge in [-0.15, -0.1) is 0 Å². The molecule has 8 heteroatoms. The van der Waals surface area contributed by atoms with Gasteiger partial charge in [-0.1, -0.05) is 11.6 Å². The number of hydrogen-bond acceptors (Lipinski definition) is 4. The molecule has 1 aromatic carbocycles. The van der Waals surface area contributed by atoms with E-state index in [9.17, 15) is 9.59 Å². The molecule has 2 aromatic rings. The Morgan fingerprint density at radius 3 is 2.67 bits per heavy atom. The molecule has 1 heterocycles. The Balaban J connectivity index is 1.90. The third kappa shape index (κ3) is 5.07. The van der Waals surface area contributed by atoms with E-state index in [0.717, 1.165) is 5.69 Å². The van der Waals surface area contributed by atoms with Crippen LogP contribution in [0.4, 0.5) is 11.4 Å². The number of anilines is 2. The summed E-state index contributed by atoms with van der Waals surface area (Å²) in [4.78, 5) is 23.5. The van der Waals surface area contributed by atoms with Crippen molar-refractivity contribution in [1.82, 2.24) is 9.78 Å². The van der Waals surface area contributed by atoms with Crippen LogP contribution in [0.2, 0.25) is 5.02 Å². The number of rotatable bonds is 7. The van der Waals surface area contributed by atoms with E-state index in [1.54, 1.807) is 29.1 Å². The maximum absolute atomic E-state index is 12.0. The Hall–Kier alpha value is -2.38. The van der Waals surface area contributed by atoms with Gasteiger partial charge in [0.15, 0.2) is 0 Å². The highest BCUT2D eigenvalue weighted by atomic mass is 35.5. The van der Waals surface area contributed by atoms with Gasteiger partial charge in [0.1, 0.15) is 6.61 Å². The number of nitrogens with zero attached hydrogens (tertiary/aromatic N) is 2. The Morgan fingerprint density at radius 1 is 1.25 bits per heavy atom. The highest BCUT2D eigenvalue weighted by molar-refractivity contribution is 6.34. The molecule has 0 saturated heterocycles. The maximum atomic E-state index is 12.0. The van der Waals surface area contributed by atoms with Crippen molar-refractivity contribution in [1.29, 1.82) is 0 Å². The molecule has 0 fully saturated rings. The zero-order valence-corrected chi connectivity index (χ0v) is 14.3. The Kier molecular flexibility index (Phi) is 6.34. The summed E-state index contributed by atoms with van der Waals surface area (Å²) in [5.41, 5.74) is 2.02. The number of methoxy groups -OCH3 is 1. The number of ether oxygens (including phenoxy) is 1. The van der Waals surface area contributed by atoms with E-state index < -0.39 is 0 Å². The molecule has 0 spiro atoms. The van der Waals surface area contributed by atoms with Crippen LogP contribution in [0.25, 0.3) is 0 Å². The lowest BCUT2D eigenvalue weighted by atomic mass is 10.2. The third-order valence-electron chi connectivity index (χ3n) is 3.33. The quantitative estimate of drug-likeness (QED) is 0.801. The average molecular weight is 351 g/mol. The number of carbonyl (C=O) groups is 2. The van der Waals surface area contributed by atoms with Crippen LogP contribution in [0.5, 0.6) is 0 Å². The fraction of sp³-hybridized carbons (Fsp3) is 0.312. The largest absolute Gasteiger partial charge is 0.375 e. The van der Waals surface area contributed by atoms with E-state index in [-0.39, 0.29) is 18.4 Å². The lowest BCUT2D eigenvalue weighted by Crippen LogP contribution is -2.17. The summed E-state index contributed by atoms with van der Waals surface area (Å²) in [7, 11) is 3.27. The van der Waals surface area contributed by atoms with Crippen molar-refractivity contribution in [3.8, 4) is 0 Å².